The molecule has 0 unspecified atom stereocenters. The highest BCUT2D eigenvalue weighted by Gasteiger charge is 2.36. The molecule has 2 aliphatic rings. The van der Waals surface area contributed by atoms with Gasteiger partial charge in [0.15, 0.2) is 11.6 Å². The van der Waals surface area contributed by atoms with Crippen LogP contribution in [-0.4, -0.2) is 67.3 Å². The molecule has 3 aromatic rings. The molecular formula is C23H27FN10. The molecule has 0 aliphatic carbocycles. The molecule has 0 bridgehead atoms. The smallest absolute Gasteiger partial charge is 0.229 e. The molecule has 2 atom stereocenters. The summed E-state index contributed by atoms with van der Waals surface area (Å²) >= 11 is 0. The number of hydrogen-bond donors (Lipinski definition) is 1. The normalized spacial score (nSPS) is 20.4. The number of nitrogens with zero attached hydrogens (tertiary/aromatic N) is 9. The molecule has 0 spiro atoms. The zero-order valence-corrected chi connectivity index (χ0v) is 19.3. The number of aromatic nitrogens is 6. The fourth-order valence-corrected chi connectivity index (χ4v) is 5.15. The van der Waals surface area contributed by atoms with Gasteiger partial charge in [0.25, 0.3) is 0 Å². The van der Waals surface area contributed by atoms with E-state index in [9.17, 15) is 9.65 Å². The van der Waals surface area contributed by atoms with Gasteiger partial charge in [-0.3, -0.25) is 4.90 Å². The number of tetrazole rings is 1. The molecule has 0 amide bonds. The van der Waals surface area contributed by atoms with Crippen LogP contribution in [0.5, 0.6) is 0 Å². The fraction of sp³-hybridized carbons (Fsp3) is 0.478. The Morgan fingerprint density at radius 1 is 1.21 bits per heavy atom. The van der Waals surface area contributed by atoms with Crippen LogP contribution >= 0.6 is 0 Å². The molecule has 1 N–H and O–H groups in total. The second-order valence-electron chi connectivity index (χ2n) is 8.89. The quantitative estimate of drug-likeness (QED) is 0.611. The van der Waals surface area contributed by atoms with Crippen LogP contribution < -0.4 is 10.2 Å². The zero-order chi connectivity index (χ0) is 23.7. The molecule has 4 heterocycles. The van der Waals surface area contributed by atoms with Gasteiger partial charge in [-0.15, -0.1) is 5.10 Å². The van der Waals surface area contributed by atoms with E-state index in [0.29, 0.717) is 28.9 Å². The van der Waals surface area contributed by atoms with Gasteiger partial charge >= 0.3 is 0 Å². The summed E-state index contributed by atoms with van der Waals surface area (Å²) in [5.74, 6) is 0.912. The van der Waals surface area contributed by atoms with Crippen LogP contribution in [0, 0.1) is 24.1 Å². The number of aryl methyl sites for hydroxylation is 1. The molecule has 2 aliphatic heterocycles. The highest BCUT2D eigenvalue weighted by Crippen LogP contribution is 2.32. The van der Waals surface area contributed by atoms with Crippen LogP contribution in [-0.2, 0) is 0 Å². The van der Waals surface area contributed by atoms with Crippen molar-refractivity contribution in [3.05, 3.63) is 41.6 Å². The van der Waals surface area contributed by atoms with Gasteiger partial charge in [0.1, 0.15) is 17.4 Å². The van der Waals surface area contributed by atoms with E-state index in [4.69, 9.17) is 0 Å². The molecule has 2 fully saturated rings. The third-order valence-electron chi connectivity index (χ3n) is 6.84. The average Bonchev–Trinajstić information content (AvgIpc) is 3.30. The van der Waals surface area contributed by atoms with Gasteiger partial charge in [-0.1, -0.05) is 6.42 Å². The number of nitriles is 1. The summed E-state index contributed by atoms with van der Waals surface area (Å²) in [6, 6.07) is 7.49. The molecule has 5 rings (SSSR count). The van der Waals surface area contributed by atoms with Crippen molar-refractivity contribution in [3.8, 4) is 11.8 Å². The molecule has 10 nitrogen and oxygen atoms in total. The van der Waals surface area contributed by atoms with Gasteiger partial charge in [-0.25, -0.2) is 9.37 Å². The van der Waals surface area contributed by atoms with Crippen molar-refractivity contribution in [3.63, 3.8) is 0 Å². The molecule has 2 saturated heterocycles. The number of fused-ring (bicyclic) bond motifs is 1. The first-order valence-corrected chi connectivity index (χ1v) is 11.6. The van der Waals surface area contributed by atoms with Crippen LogP contribution in [0.2, 0.25) is 0 Å². The maximum absolute atomic E-state index is 14.6. The summed E-state index contributed by atoms with van der Waals surface area (Å²) in [6.45, 7) is 4.03. The van der Waals surface area contributed by atoms with Crippen LogP contribution in [0.4, 0.5) is 21.8 Å². The lowest BCUT2D eigenvalue weighted by Gasteiger charge is -2.47. The minimum absolute atomic E-state index is 0.196. The summed E-state index contributed by atoms with van der Waals surface area (Å²) in [5, 5.41) is 24.1. The van der Waals surface area contributed by atoms with E-state index in [2.05, 4.69) is 46.7 Å². The van der Waals surface area contributed by atoms with Gasteiger partial charge in [0, 0.05) is 19.1 Å². The molecule has 34 heavy (non-hydrogen) atoms. The van der Waals surface area contributed by atoms with Crippen molar-refractivity contribution in [2.75, 3.05) is 30.4 Å². The van der Waals surface area contributed by atoms with Crippen LogP contribution in [0.15, 0.2) is 24.4 Å². The number of halogens is 1. The third kappa shape index (κ3) is 4.17. The van der Waals surface area contributed by atoms with Crippen molar-refractivity contribution in [2.45, 2.75) is 51.1 Å². The lowest BCUT2D eigenvalue weighted by molar-refractivity contribution is 0.0893. The van der Waals surface area contributed by atoms with E-state index in [1.165, 1.54) is 29.8 Å². The van der Waals surface area contributed by atoms with Crippen LogP contribution in [0.25, 0.3) is 5.69 Å². The molecule has 0 radical (unpaired) electrons. The number of nitrogens with one attached hydrogen (secondary N) is 1. The van der Waals surface area contributed by atoms with Gasteiger partial charge in [-0.2, -0.15) is 14.9 Å². The van der Waals surface area contributed by atoms with E-state index >= 15 is 0 Å². The summed E-state index contributed by atoms with van der Waals surface area (Å²) in [4.78, 5) is 13.6. The number of benzene rings is 1. The lowest BCUT2D eigenvalue weighted by atomic mass is 9.88. The standard InChI is InChI=1S/C23H27FN10/c1-15-29-30-31-34(15)17-8-9-18(24)19(12-17)27-23-26-14-16(13-25)22(28-23)32(2)20-7-5-11-33-10-4-3-6-21(20)33/h8-9,12,14,20-21H,3-7,10-11H2,1-2H3,(H,26,27,28)/t20-,21+/m0/s1. The number of piperidine rings is 2. The van der Waals surface area contributed by atoms with Gasteiger partial charge in [-0.05, 0) is 74.3 Å². The Bertz CT molecular complexity index is 1220. The summed E-state index contributed by atoms with van der Waals surface area (Å²) in [6.07, 6.45) is 7.29. The third-order valence-corrected chi connectivity index (χ3v) is 6.84. The maximum Gasteiger partial charge on any atom is 0.229 e. The van der Waals surface area contributed by atoms with Crippen molar-refractivity contribution in [2.24, 2.45) is 0 Å². The van der Waals surface area contributed by atoms with E-state index in [-0.39, 0.29) is 17.7 Å². The Kier molecular flexibility index (Phi) is 6.06. The van der Waals surface area contributed by atoms with Crippen molar-refractivity contribution in [1.29, 1.82) is 5.26 Å². The van der Waals surface area contributed by atoms with Crippen molar-refractivity contribution >= 4 is 17.5 Å². The zero-order valence-electron chi connectivity index (χ0n) is 19.3. The predicted molar refractivity (Wildman–Crippen MR) is 125 cm³/mol. The summed E-state index contributed by atoms with van der Waals surface area (Å²) in [5.41, 5.74) is 1.21. The molecular weight excluding hydrogens is 435 g/mol. The van der Waals surface area contributed by atoms with Gasteiger partial charge in [0.05, 0.1) is 17.6 Å². The minimum atomic E-state index is -0.456. The van der Waals surface area contributed by atoms with Gasteiger partial charge < -0.3 is 10.2 Å². The van der Waals surface area contributed by atoms with Crippen molar-refractivity contribution in [1.82, 2.24) is 35.1 Å². The Balaban J connectivity index is 1.44. The highest BCUT2D eigenvalue weighted by atomic mass is 19.1. The second kappa shape index (κ2) is 9.30. The summed E-state index contributed by atoms with van der Waals surface area (Å²) < 4.78 is 16.1. The van der Waals surface area contributed by atoms with Crippen molar-refractivity contribution < 1.29 is 4.39 Å². The minimum Gasteiger partial charge on any atom is -0.354 e. The monoisotopic (exact) mass is 462 g/mol. The second-order valence-corrected chi connectivity index (χ2v) is 8.89. The first kappa shape index (κ1) is 22.2. The van der Waals surface area contributed by atoms with Gasteiger partial charge in [0.2, 0.25) is 5.95 Å². The Labute approximate surface area is 197 Å². The first-order valence-electron chi connectivity index (χ1n) is 11.6. The number of anilines is 3. The Morgan fingerprint density at radius 3 is 2.85 bits per heavy atom. The van der Waals surface area contributed by atoms with E-state index < -0.39 is 5.82 Å². The van der Waals surface area contributed by atoms with E-state index in [0.717, 1.165) is 32.4 Å². The topological polar surface area (TPSA) is 112 Å². The van der Waals surface area contributed by atoms with E-state index in [1.807, 2.05) is 7.05 Å². The molecule has 11 heteroatoms. The van der Waals surface area contributed by atoms with Crippen LogP contribution in [0.3, 0.4) is 0 Å². The number of rotatable bonds is 5. The average molecular weight is 463 g/mol. The first-order chi connectivity index (χ1) is 16.5. The van der Waals surface area contributed by atoms with E-state index in [1.54, 1.807) is 19.1 Å². The molecule has 1 aromatic carbocycles. The number of hydrogen-bond acceptors (Lipinski definition) is 9. The molecule has 2 aromatic heterocycles. The molecule has 0 saturated carbocycles. The SMILES string of the molecule is Cc1nnnn1-c1ccc(F)c(Nc2ncc(C#N)c(N(C)[C@H]3CCCN4CCCC[C@H]34)n2)c1. The highest BCUT2D eigenvalue weighted by molar-refractivity contribution is 5.62. The Hall–Kier alpha value is -3.65. The van der Waals surface area contributed by atoms with Crippen LogP contribution in [0.1, 0.15) is 43.5 Å². The predicted octanol–water partition coefficient (Wildman–Crippen LogP) is 2.97. The largest absolute Gasteiger partial charge is 0.354 e. The number of likely N-dealkylation sites (N-methyl/N-ethyl adjacent to an activating group) is 1. The summed E-state index contributed by atoms with van der Waals surface area (Å²) in [7, 11) is 2.00. The molecule has 176 valence electrons. The Morgan fingerprint density at radius 2 is 2.06 bits per heavy atom. The lowest BCUT2D eigenvalue weighted by Crippen LogP contribution is -2.56. The maximum atomic E-state index is 14.6. The fourth-order valence-electron chi connectivity index (χ4n) is 5.15.